The summed E-state index contributed by atoms with van der Waals surface area (Å²) in [6.45, 7) is 9.13. The molecule has 0 saturated carbocycles. The zero-order valence-corrected chi connectivity index (χ0v) is 10.9. The minimum Gasteiger partial charge on any atom is -0.385 e. The number of rotatable bonds is 4. The molecule has 0 aliphatic heterocycles. The normalized spacial score (nSPS) is 11.3. The van der Waals surface area contributed by atoms with Crippen LogP contribution < -0.4 is 5.32 Å². The Kier molecular flexibility index (Phi) is 4.10. The van der Waals surface area contributed by atoms with Gasteiger partial charge in [-0.1, -0.05) is 26.8 Å². The van der Waals surface area contributed by atoms with Crippen LogP contribution in [0, 0.1) is 22.5 Å². The summed E-state index contributed by atoms with van der Waals surface area (Å²) in [6.07, 6.45) is 1.02. The van der Waals surface area contributed by atoms with E-state index in [4.69, 9.17) is 0 Å². The zero-order valence-electron chi connectivity index (χ0n) is 10.9. The number of nitrogens with zero attached hydrogens (tertiary/aromatic N) is 1. The number of hydrogen-bond acceptors (Lipinski definition) is 3. The van der Waals surface area contributed by atoms with Gasteiger partial charge in [-0.2, -0.15) is 0 Å². The van der Waals surface area contributed by atoms with E-state index in [0.29, 0.717) is 5.56 Å². The van der Waals surface area contributed by atoms with Crippen molar-refractivity contribution in [3.63, 3.8) is 0 Å². The van der Waals surface area contributed by atoms with Crippen molar-refractivity contribution in [3.05, 3.63) is 33.9 Å². The van der Waals surface area contributed by atoms with Gasteiger partial charge in [-0.15, -0.1) is 0 Å². The average molecular weight is 236 g/mol. The van der Waals surface area contributed by atoms with E-state index in [1.54, 1.807) is 13.0 Å². The van der Waals surface area contributed by atoms with E-state index in [2.05, 4.69) is 26.1 Å². The van der Waals surface area contributed by atoms with E-state index in [-0.39, 0.29) is 16.0 Å². The summed E-state index contributed by atoms with van der Waals surface area (Å²) in [5.41, 5.74) is 1.99. The minimum absolute atomic E-state index is 0.172. The van der Waals surface area contributed by atoms with Gasteiger partial charge in [0.05, 0.1) is 4.92 Å². The van der Waals surface area contributed by atoms with Crippen molar-refractivity contribution in [1.29, 1.82) is 0 Å². The summed E-state index contributed by atoms with van der Waals surface area (Å²) in [6, 6.07) is 5.12. The van der Waals surface area contributed by atoms with Crippen molar-refractivity contribution in [1.82, 2.24) is 0 Å². The van der Waals surface area contributed by atoms with Crippen LogP contribution in [0.4, 0.5) is 11.4 Å². The lowest BCUT2D eigenvalue weighted by Crippen LogP contribution is -2.13. The van der Waals surface area contributed by atoms with Gasteiger partial charge >= 0.3 is 0 Å². The lowest BCUT2D eigenvalue weighted by Gasteiger charge is -2.19. The molecule has 1 aromatic rings. The summed E-state index contributed by atoms with van der Waals surface area (Å²) in [5, 5.41) is 14.0. The van der Waals surface area contributed by atoms with Crippen LogP contribution in [0.15, 0.2) is 18.2 Å². The van der Waals surface area contributed by atoms with Gasteiger partial charge in [0, 0.05) is 23.9 Å². The predicted octanol–water partition coefficient (Wildman–Crippen LogP) is 3.75. The van der Waals surface area contributed by atoms with Crippen LogP contribution in [0.3, 0.4) is 0 Å². The largest absolute Gasteiger partial charge is 0.385 e. The lowest BCUT2D eigenvalue weighted by molar-refractivity contribution is -0.385. The number of nitrogens with one attached hydrogen (secondary N) is 1. The molecule has 1 N–H and O–H groups in total. The van der Waals surface area contributed by atoms with Gasteiger partial charge < -0.3 is 5.32 Å². The fourth-order valence-electron chi connectivity index (χ4n) is 1.58. The number of nitro benzene ring substituents is 1. The first-order chi connectivity index (χ1) is 7.81. The molecule has 0 aliphatic carbocycles. The quantitative estimate of drug-likeness (QED) is 0.639. The van der Waals surface area contributed by atoms with Crippen molar-refractivity contribution in [2.45, 2.75) is 34.1 Å². The molecular weight excluding hydrogens is 216 g/mol. The number of benzene rings is 1. The van der Waals surface area contributed by atoms with Crippen LogP contribution >= 0.6 is 0 Å². The minimum atomic E-state index is -0.343. The van der Waals surface area contributed by atoms with E-state index in [1.807, 2.05) is 6.07 Å². The first-order valence-corrected chi connectivity index (χ1v) is 5.79. The Hall–Kier alpha value is -1.58. The molecule has 0 saturated heterocycles. The van der Waals surface area contributed by atoms with Gasteiger partial charge in [0.2, 0.25) is 0 Å². The molecule has 1 aromatic carbocycles. The molecule has 0 heterocycles. The summed E-state index contributed by atoms with van der Waals surface area (Å²) < 4.78 is 0. The molecule has 4 heteroatoms. The molecule has 94 valence electrons. The molecule has 17 heavy (non-hydrogen) atoms. The van der Waals surface area contributed by atoms with Crippen LogP contribution in [0.1, 0.15) is 32.8 Å². The summed E-state index contributed by atoms with van der Waals surface area (Å²) in [5.74, 6) is 0. The van der Waals surface area contributed by atoms with Gasteiger partial charge in [-0.3, -0.25) is 10.1 Å². The number of nitro groups is 1. The van der Waals surface area contributed by atoms with E-state index in [1.165, 1.54) is 6.07 Å². The van der Waals surface area contributed by atoms with Crippen molar-refractivity contribution in [2.75, 3.05) is 11.9 Å². The summed E-state index contributed by atoms with van der Waals surface area (Å²) in [7, 11) is 0. The molecule has 0 unspecified atom stereocenters. The highest BCUT2D eigenvalue weighted by Crippen LogP contribution is 2.26. The van der Waals surface area contributed by atoms with E-state index >= 15 is 0 Å². The van der Waals surface area contributed by atoms with Crippen LogP contribution in [-0.2, 0) is 0 Å². The van der Waals surface area contributed by atoms with Crippen molar-refractivity contribution in [2.24, 2.45) is 5.41 Å². The van der Waals surface area contributed by atoms with Gasteiger partial charge in [0.1, 0.15) is 0 Å². The number of anilines is 1. The highest BCUT2D eigenvalue weighted by molar-refractivity contribution is 5.59. The SMILES string of the molecule is Cc1c(NCCC(C)(C)C)cccc1[N+](=O)[O-]. The second-order valence-electron chi connectivity index (χ2n) is 5.44. The fraction of sp³-hybridized carbons (Fsp3) is 0.538. The van der Waals surface area contributed by atoms with E-state index in [9.17, 15) is 10.1 Å². The molecule has 0 aromatic heterocycles. The number of hydrogen-bond donors (Lipinski definition) is 1. The Morgan fingerprint density at radius 1 is 1.35 bits per heavy atom. The maximum atomic E-state index is 10.8. The summed E-state index contributed by atoms with van der Waals surface area (Å²) >= 11 is 0. The Bertz CT molecular complexity index is 408. The lowest BCUT2D eigenvalue weighted by atomic mass is 9.92. The van der Waals surface area contributed by atoms with Crippen molar-refractivity contribution < 1.29 is 4.92 Å². The van der Waals surface area contributed by atoms with E-state index < -0.39 is 0 Å². The van der Waals surface area contributed by atoms with Crippen molar-refractivity contribution >= 4 is 11.4 Å². The van der Waals surface area contributed by atoms with Crippen LogP contribution in [0.5, 0.6) is 0 Å². The Balaban J connectivity index is 2.72. The molecular formula is C13H20N2O2. The molecule has 0 radical (unpaired) electrons. The smallest absolute Gasteiger partial charge is 0.274 e. The average Bonchev–Trinajstić information content (AvgIpc) is 2.18. The zero-order chi connectivity index (χ0) is 13.1. The molecule has 0 spiro atoms. The standard InChI is InChI=1S/C13H20N2O2/c1-10-11(14-9-8-13(2,3)4)6-5-7-12(10)15(16)17/h5-7,14H,8-9H2,1-4H3. The topological polar surface area (TPSA) is 55.2 Å². The molecule has 0 amide bonds. The summed E-state index contributed by atoms with van der Waals surface area (Å²) in [4.78, 5) is 10.4. The third kappa shape index (κ3) is 4.06. The maximum absolute atomic E-state index is 10.8. The molecule has 1 rings (SSSR count). The van der Waals surface area contributed by atoms with Gasteiger partial charge in [0.15, 0.2) is 0 Å². The third-order valence-electron chi connectivity index (χ3n) is 2.69. The highest BCUT2D eigenvalue weighted by atomic mass is 16.6. The Labute approximate surface area is 102 Å². The first-order valence-electron chi connectivity index (χ1n) is 5.79. The first kappa shape index (κ1) is 13.5. The monoisotopic (exact) mass is 236 g/mol. The predicted molar refractivity (Wildman–Crippen MR) is 70.4 cm³/mol. The third-order valence-corrected chi connectivity index (χ3v) is 2.69. The van der Waals surface area contributed by atoms with E-state index in [0.717, 1.165) is 18.7 Å². The maximum Gasteiger partial charge on any atom is 0.274 e. The second kappa shape index (κ2) is 5.17. The van der Waals surface area contributed by atoms with Gasteiger partial charge in [-0.25, -0.2) is 0 Å². The Morgan fingerprint density at radius 3 is 2.53 bits per heavy atom. The van der Waals surface area contributed by atoms with Crippen LogP contribution in [-0.4, -0.2) is 11.5 Å². The molecule has 0 atom stereocenters. The molecule has 0 bridgehead atoms. The van der Waals surface area contributed by atoms with Crippen molar-refractivity contribution in [3.8, 4) is 0 Å². The fourth-order valence-corrected chi connectivity index (χ4v) is 1.58. The molecule has 0 fully saturated rings. The van der Waals surface area contributed by atoms with Gasteiger partial charge in [-0.05, 0) is 24.8 Å². The molecule has 0 aliphatic rings. The van der Waals surface area contributed by atoms with Crippen LogP contribution in [0.25, 0.3) is 0 Å². The second-order valence-corrected chi connectivity index (χ2v) is 5.44. The highest BCUT2D eigenvalue weighted by Gasteiger charge is 2.14. The van der Waals surface area contributed by atoms with Crippen LogP contribution in [0.2, 0.25) is 0 Å². The molecule has 4 nitrogen and oxygen atoms in total. The Morgan fingerprint density at radius 2 is 2.00 bits per heavy atom. The van der Waals surface area contributed by atoms with Gasteiger partial charge in [0.25, 0.3) is 5.69 Å².